The molecule has 0 saturated heterocycles. The summed E-state index contributed by atoms with van der Waals surface area (Å²) in [6, 6.07) is 5.51. The number of rotatable bonds is 5. The average molecular weight is 328 g/mol. The molecule has 2 aromatic heterocycles. The predicted molar refractivity (Wildman–Crippen MR) is 88.4 cm³/mol. The molecule has 1 N–H and O–H groups in total. The standard InChI is InChI=1S/C17H20N4O3/c1-9(15-10(2)19-20-11(15)3)17-18-16(21-24-17)12-6-7-13(22-4)14(8-12)23-5/h6-9H,1-5H3,(H,19,20)/t9-/m1/s1. The Balaban J connectivity index is 1.94. The number of ether oxygens (including phenoxy) is 2. The summed E-state index contributed by atoms with van der Waals surface area (Å²) in [7, 11) is 3.19. The van der Waals surface area contributed by atoms with Crippen LogP contribution in [0.5, 0.6) is 11.5 Å². The van der Waals surface area contributed by atoms with Crippen LogP contribution in [0.4, 0.5) is 0 Å². The minimum Gasteiger partial charge on any atom is -0.493 e. The Hall–Kier alpha value is -2.83. The zero-order valence-electron chi connectivity index (χ0n) is 14.4. The lowest BCUT2D eigenvalue weighted by atomic mass is 9.99. The molecule has 7 nitrogen and oxygen atoms in total. The van der Waals surface area contributed by atoms with Crippen LogP contribution in [0.3, 0.4) is 0 Å². The summed E-state index contributed by atoms with van der Waals surface area (Å²) < 4.78 is 16.0. The number of H-pyrrole nitrogens is 1. The zero-order valence-corrected chi connectivity index (χ0v) is 14.4. The number of benzene rings is 1. The molecule has 2 heterocycles. The van der Waals surface area contributed by atoms with Crippen LogP contribution >= 0.6 is 0 Å². The van der Waals surface area contributed by atoms with Gasteiger partial charge in [-0.3, -0.25) is 5.10 Å². The van der Waals surface area contributed by atoms with E-state index in [1.807, 2.05) is 39.0 Å². The maximum absolute atomic E-state index is 5.47. The van der Waals surface area contributed by atoms with Crippen molar-refractivity contribution in [3.05, 3.63) is 41.0 Å². The SMILES string of the molecule is COc1ccc(-c2noc([C@H](C)c3c(C)n[nH]c3C)n2)cc1OC. The van der Waals surface area contributed by atoms with Crippen molar-refractivity contribution in [3.8, 4) is 22.9 Å². The van der Waals surface area contributed by atoms with E-state index in [1.54, 1.807) is 14.2 Å². The molecule has 0 aliphatic carbocycles. The Bertz CT molecular complexity index is 834. The summed E-state index contributed by atoms with van der Waals surface area (Å²) in [6.07, 6.45) is 0. The van der Waals surface area contributed by atoms with Gasteiger partial charge in [0.15, 0.2) is 11.5 Å². The molecule has 1 aromatic carbocycles. The van der Waals surface area contributed by atoms with Gasteiger partial charge in [-0.1, -0.05) is 5.16 Å². The first-order valence-corrected chi connectivity index (χ1v) is 7.62. The monoisotopic (exact) mass is 328 g/mol. The highest BCUT2D eigenvalue weighted by atomic mass is 16.5. The van der Waals surface area contributed by atoms with Gasteiger partial charge in [0.2, 0.25) is 11.7 Å². The largest absolute Gasteiger partial charge is 0.493 e. The summed E-state index contributed by atoms with van der Waals surface area (Å²) in [4.78, 5) is 4.53. The third-order valence-electron chi connectivity index (χ3n) is 4.07. The smallest absolute Gasteiger partial charge is 0.234 e. The topological polar surface area (TPSA) is 86.1 Å². The van der Waals surface area contributed by atoms with Crippen LogP contribution in [0.1, 0.15) is 35.7 Å². The highest BCUT2D eigenvalue weighted by molar-refractivity contribution is 5.60. The number of nitrogens with zero attached hydrogens (tertiary/aromatic N) is 3. The fourth-order valence-electron chi connectivity index (χ4n) is 2.82. The van der Waals surface area contributed by atoms with E-state index in [-0.39, 0.29) is 5.92 Å². The van der Waals surface area contributed by atoms with Crippen molar-refractivity contribution in [1.29, 1.82) is 0 Å². The minimum absolute atomic E-state index is 0.0369. The van der Waals surface area contributed by atoms with Crippen molar-refractivity contribution in [3.63, 3.8) is 0 Å². The molecular formula is C17H20N4O3. The van der Waals surface area contributed by atoms with Gasteiger partial charge in [-0.15, -0.1) is 0 Å². The molecule has 0 unspecified atom stereocenters. The number of aromatic nitrogens is 4. The second-order valence-corrected chi connectivity index (χ2v) is 5.60. The van der Waals surface area contributed by atoms with Gasteiger partial charge in [0.25, 0.3) is 0 Å². The maximum atomic E-state index is 5.47. The molecule has 126 valence electrons. The third-order valence-corrected chi connectivity index (χ3v) is 4.07. The van der Waals surface area contributed by atoms with E-state index in [9.17, 15) is 0 Å². The summed E-state index contributed by atoms with van der Waals surface area (Å²) >= 11 is 0. The summed E-state index contributed by atoms with van der Waals surface area (Å²) in [5, 5.41) is 11.3. The number of hydrogen-bond donors (Lipinski definition) is 1. The first-order chi connectivity index (χ1) is 11.5. The van der Waals surface area contributed by atoms with Crippen molar-refractivity contribution < 1.29 is 14.0 Å². The van der Waals surface area contributed by atoms with Gasteiger partial charge in [0, 0.05) is 16.8 Å². The first kappa shape index (κ1) is 16.0. The van der Waals surface area contributed by atoms with Crippen LogP contribution in [-0.4, -0.2) is 34.6 Å². The highest BCUT2D eigenvalue weighted by Gasteiger charge is 2.22. The third kappa shape index (κ3) is 2.73. The van der Waals surface area contributed by atoms with E-state index < -0.39 is 0 Å². The van der Waals surface area contributed by atoms with Crippen LogP contribution in [-0.2, 0) is 0 Å². The van der Waals surface area contributed by atoms with Crippen molar-refractivity contribution in [2.24, 2.45) is 0 Å². The van der Waals surface area contributed by atoms with Crippen LogP contribution < -0.4 is 9.47 Å². The van der Waals surface area contributed by atoms with Crippen LogP contribution in [0.25, 0.3) is 11.4 Å². The normalized spacial score (nSPS) is 12.2. The quantitative estimate of drug-likeness (QED) is 0.774. The van der Waals surface area contributed by atoms with Crippen LogP contribution in [0.2, 0.25) is 0 Å². The summed E-state index contributed by atoms with van der Waals surface area (Å²) in [5.74, 6) is 2.30. The summed E-state index contributed by atoms with van der Waals surface area (Å²) in [5.41, 5.74) is 3.82. The predicted octanol–water partition coefficient (Wildman–Crippen LogP) is 3.25. The van der Waals surface area contributed by atoms with E-state index in [4.69, 9.17) is 14.0 Å². The lowest BCUT2D eigenvalue weighted by Gasteiger charge is -2.08. The Morgan fingerprint density at radius 3 is 2.50 bits per heavy atom. The van der Waals surface area contributed by atoms with Gasteiger partial charge < -0.3 is 14.0 Å². The Labute approximate surface area is 140 Å². The van der Waals surface area contributed by atoms with Crippen LogP contribution in [0, 0.1) is 13.8 Å². The molecule has 0 bridgehead atoms. The van der Waals surface area contributed by atoms with Crippen molar-refractivity contribution >= 4 is 0 Å². The molecule has 1 atom stereocenters. The molecule has 0 saturated carbocycles. The minimum atomic E-state index is -0.0369. The second kappa shape index (κ2) is 6.35. The fourth-order valence-corrected chi connectivity index (χ4v) is 2.82. The molecule has 0 amide bonds. The number of aryl methyl sites for hydroxylation is 2. The molecule has 0 spiro atoms. The Morgan fingerprint density at radius 2 is 1.88 bits per heavy atom. The zero-order chi connectivity index (χ0) is 17.3. The van der Waals surface area contributed by atoms with E-state index in [1.165, 1.54) is 0 Å². The van der Waals surface area contributed by atoms with Gasteiger partial charge in [-0.05, 0) is 39.0 Å². The molecule has 3 aromatic rings. The first-order valence-electron chi connectivity index (χ1n) is 7.62. The Morgan fingerprint density at radius 1 is 1.12 bits per heavy atom. The molecule has 0 radical (unpaired) electrons. The molecule has 0 aliphatic rings. The molecule has 24 heavy (non-hydrogen) atoms. The highest BCUT2D eigenvalue weighted by Crippen LogP contribution is 2.33. The molecule has 0 aliphatic heterocycles. The van der Waals surface area contributed by atoms with E-state index in [0.29, 0.717) is 23.2 Å². The molecule has 0 fully saturated rings. The molecular weight excluding hydrogens is 308 g/mol. The van der Waals surface area contributed by atoms with Crippen molar-refractivity contribution in [2.75, 3.05) is 14.2 Å². The van der Waals surface area contributed by atoms with E-state index >= 15 is 0 Å². The summed E-state index contributed by atoms with van der Waals surface area (Å²) in [6.45, 7) is 5.97. The van der Waals surface area contributed by atoms with Gasteiger partial charge in [0.1, 0.15) is 0 Å². The van der Waals surface area contributed by atoms with Gasteiger partial charge in [-0.2, -0.15) is 10.1 Å². The lowest BCUT2D eigenvalue weighted by Crippen LogP contribution is -1.99. The second-order valence-electron chi connectivity index (χ2n) is 5.60. The number of methoxy groups -OCH3 is 2. The van der Waals surface area contributed by atoms with E-state index in [0.717, 1.165) is 22.5 Å². The number of nitrogens with one attached hydrogen (secondary N) is 1. The van der Waals surface area contributed by atoms with Crippen LogP contribution in [0.15, 0.2) is 22.7 Å². The van der Waals surface area contributed by atoms with Gasteiger partial charge in [0.05, 0.1) is 25.8 Å². The number of aromatic amines is 1. The van der Waals surface area contributed by atoms with Crippen molar-refractivity contribution in [2.45, 2.75) is 26.7 Å². The van der Waals surface area contributed by atoms with Crippen molar-refractivity contribution in [1.82, 2.24) is 20.3 Å². The van der Waals surface area contributed by atoms with E-state index in [2.05, 4.69) is 20.3 Å². The number of hydrogen-bond acceptors (Lipinski definition) is 6. The fraction of sp³-hybridized carbons (Fsp3) is 0.353. The van der Waals surface area contributed by atoms with Gasteiger partial charge >= 0.3 is 0 Å². The maximum Gasteiger partial charge on any atom is 0.234 e. The average Bonchev–Trinajstić information content (AvgIpc) is 3.21. The molecule has 3 rings (SSSR count). The molecule has 7 heteroatoms. The van der Waals surface area contributed by atoms with Gasteiger partial charge in [-0.25, -0.2) is 0 Å². The Kier molecular flexibility index (Phi) is 4.24. The lowest BCUT2D eigenvalue weighted by molar-refractivity contribution is 0.355.